The van der Waals surface area contributed by atoms with Gasteiger partial charge in [-0.05, 0) is 61.0 Å². The molecule has 28 heavy (non-hydrogen) atoms. The van der Waals surface area contributed by atoms with Crippen molar-refractivity contribution in [2.75, 3.05) is 5.32 Å². The van der Waals surface area contributed by atoms with Crippen molar-refractivity contribution in [1.82, 2.24) is 0 Å². The number of furan rings is 1. The molecule has 0 bridgehead atoms. The van der Waals surface area contributed by atoms with Crippen LogP contribution in [0.4, 0.5) is 11.4 Å². The lowest BCUT2D eigenvalue weighted by atomic mass is 10.1. The minimum Gasteiger partial charge on any atom is -0.457 e. The number of nitro groups is 1. The molecule has 0 saturated carbocycles. The first kappa shape index (κ1) is 19.7. The van der Waals surface area contributed by atoms with Crippen molar-refractivity contribution >= 4 is 46.6 Å². The topological polar surface area (TPSA) is 85.4 Å². The second kappa shape index (κ2) is 8.29. The lowest BCUT2D eigenvalue weighted by Crippen LogP contribution is -2.09. The van der Waals surface area contributed by atoms with Crippen LogP contribution < -0.4 is 5.32 Å². The van der Waals surface area contributed by atoms with Gasteiger partial charge in [0.25, 0.3) is 5.69 Å². The maximum atomic E-state index is 12.2. The Labute approximate surface area is 170 Å². The fourth-order valence-electron chi connectivity index (χ4n) is 2.48. The van der Waals surface area contributed by atoms with Crippen LogP contribution in [0.5, 0.6) is 0 Å². The third-order valence-electron chi connectivity index (χ3n) is 3.90. The van der Waals surface area contributed by atoms with Gasteiger partial charge in [0, 0.05) is 28.4 Å². The van der Waals surface area contributed by atoms with Crippen molar-refractivity contribution < 1.29 is 14.1 Å². The molecule has 8 heteroatoms. The Kier molecular flexibility index (Phi) is 5.82. The molecule has 1 amide bonds. The number of carbonyl (C=O) groups is 1. The highest BCUT2D eigenvalue weighted by molar-refractivity contribution is 6.33. The molecular formula is C20H14Cl2N2O4. The highest BCUT2D eigenvalue weighted by Gasteiger charge is 2.15. The first-order valence-corrected chi connectivity index (χ1v) is 8.88. The molecule has 0 unspecified atom stereocenters. The maximum Gasteiger partial charge on any atom is 0.288 e. The lowest BCUT2D eigenvalue weighted by molar-refractivity contribution is -0.384. The number of nitrogens with one attached hydrogen (secondary N) is 1. The second-order valence-corrected chi connectivity index (χ2v) is 6.75. The summed E-state index contributed by atoms with van der Waals surface area (Å²) in [5.41, 5.74) is 1.58. The van der Waals surface area contributed by atoms with Gasteiger partial charge in [-0.2, -0.15) is 0 Å². The summed E-state index contributed by atoms with van der Waals surface area (Å²) >= 11 is 11.8. The molecule has 0 radical (unpaired) electrons. The van der Waals surface area contributed by atoms with E-state index in [0.717, 1.165) is 5.56 Å². The standard InChI is InChI=1S/C20H14Cl2N2O4/c1-12-10-18(24(26)27)16(22)11-17(12)23-20(25)9-7-15-6-8-19(28-15)13-2-4-14(21)5-3-13/h2-11H,1H3,(H,23,25). The van der Waals surface area contributed by atoms with Crippen LogP contribution in [-0.4, -0.2) is 10.8 Å². The maximum absolute atomic E-state index is 12.2. The summed E-state index contributed by atoms with van der Waals surface area (Å²) in [5.74, 6) is 0.728. The summed E-state index contributed by atoms with van der Waals surface area (Å²) in [6, 6.07) is 13.4. The van der Waals surface area contributed by atoms with Gasteiger partial charge in [0.15, 0.2) is 0 Å². The van der Waals surface area contributed by atoms with E-state index < -0.39 is 10.8 Å². The first-order valence-electron chi connectivity index (χ1n) is 8.13. The van der Waals surface area contributed by atoms with E-state index in [1.165, 1.54) is 24.3 Å². The number of rotatable bonds is 5. The van der Waals surface area contributed by atoms with Gasteiger partial charge in [-0.15, -0.1) is 0 Å². The smallest absolute Gasteiger partial charge is 0.288 e. The lowest BCUT2D eigenvalue weighted by Gasteiger charge is -2.07. The van der Waals surface area contributed by atoms with Crippen molar-refractivity contribution in [3.05, 3.63) is 86.1 Å². The molecule has 0 aliphatic heterocycles. The SMILES string of the molecule is Cc1cc([N+](=O)[O-])c(Cl)cc1NC(=O)C=Cc1ccc(-c2ccc(Cl)cc2)o1. The van der Waals surface area contributed by atoms with Gasteiger partial charge >= 0.3 is 0 Å². The number of hydrogen-bond donors (Lipinski definition) is 1. The number of benzene rings is 2. The van der Waals surface area contributed by atoms with E-state index in [1.54, 1.807) is 31.2 Å². The van der Waals surface area contributed by atoms with Crippen LogP contribution in [0, 0.1) is 17.0 Å². The van der Waals surface area contributed by atoms with E-state index in [2.05, 4.69) is 5.32 Å². The molecule has 1 N–H and O–H groups in total. The summed E-state index contributed by atoms with van der Waals surface area (Å²) in [5, 5.41) is 14.1. The molecule has 3 aromatic rings. The number of aryl methyl sites for hydroxylation is 1. The monoisotopic (exact) mass is 416 g/mol. The Bertz CT molecular complexity index is 1070. The van der Waals surface area contributed by atoms with Gasteiger partial charge in [-0.3, -0.25) is 14.9 Å². The van der Waals surface area contributed by atoms with Gasteiger partial charge in [-0.25, -0.2) is 0 Å². The number of halogens is 2. The number of nitrogens with zero attached hydrogens (tertiary/aromatic N) is 1. The van der Waals surface area contributed by atoms with Crippen molar-refractivity contribution in [2.24, 2.45) is 0 Å². The van der Waals surface area contributed by atoms with Gasteiger partial charge in [-0.1, -0.05) is 23.2 Å². The molecule has 1 aromatic heterocycles. The quantitative estimate of drug-likeness (QED) is 0.308. The molecule has 0 spiro atoms. The molecule has 6 nitrogen and oxygen atoms in total. The molecule has 0 atom stereocenters. The molecule has 142 valence electrons. The van der Waals surface area contributed by atoms with E-state index in [0.29, 0.717) is 27.8 Å². The Morgan fingerprint density at radius 1 is 1.14 bits per heavy atom. The average molecular weight is 417 g/mol. The number of carbonyl (C=O) groups excluding carboxylic acids is 1. The molecule has 0 aliphatic carbocycles. The Morgan fingerprint density at radius 2 is 1.86 bits per heavy atom. The highest BCUT2D eigenvalue weighted by Crippen LogP contribution is 2.30. The zero-order chi connectivity index (χ0) is 20.3. The van der Waals surface area contributed by atoms with Crippen molar-refractivity contribution in [1.29, 1.82) is 0 Å². The third kappa shape index (κ3) is 4.60. The normalized spacial score (nSPS) is 11.0. The summed E-state index contributed by atoms with van der Waals surface area (Å²) in [7, 11) is 0. The summed E-state index contributed by atoms with van der Waals surface area (Å²) in [6.45, 7) is 1.65. The number of anilines is 1. The summed E-state index contributed by atoms with van der Waals surface area (Å²) in [4.78, 5) is 22.5. The Balaban J connectivity index is 1.70. The number of nitro benzene ring substituents is 1. The van der Waals surface area contributed by atoms with E-state index in [-0.39, 0.29) is 10.7 Å². The molecule has 0 aliphatic rings. The Hall–Kier alpha value is -3.09. The molecule has 0 fully saturated rings. The van der Waals surface area contributed by atoms with Gasteiger partial charge in [0.1, 0.15) is 16.5 Å². The van der Waals surface area contributed by atoms with Gasteiger partial charge in [0.05, 0.1) is 4.92 Å². The molecule has 3 rings (SSSR count). The predicted molar refractivity (Wildman–Crippen MR) is 110 cm³/mol. The minimum absolute atomic E-state index is 0.0477. The highest BCUT2D eigenvalue weighted by atomic mass is 35.5. The van der Waals surface area contributed by atoms with Crippen molar-refractivity contribution in [3.8, 4) is 11.3 Å². The van der Waals surface area contributed by atoms with Crippen molar-refractivity contribution in [3.63, 3.8) is 0 Å². The van der Waals surface area contributed by atoms with Crippen LogP contribution in [0.3, 0.4) is 0 Å². The van der Waals surface area contributed by atoms with E-state index in [9.17, 15) is 14.9 Å². The van der Waals surface area contributed by atoms with Gasteiger partial charge < -0.3 is 9.73 Å². The molecular weight excluding hydrogens is 403 g/mol. The molecule has 1 heterocycles. The number of hydrogen-bond acceptors (Lipinski definition) is 4. The fourth-order valence-corrected chi connectivity index (χ4v) is 2.84. The second-order valence-electron chi connectivity index (χ2n) is 5.91. The van der Waals surface area contributed by atoms with E-state index in [1.807, 2.05) is 12.1 Å². The minimum atomic E-state index is -0.573. The van der Waals surface area contributed by atoms with Crippen LogP contribution in [-0.2, 0) is 4.79 Å². The van der Waals surface area contributed by atoms with Crippen LogP contribution in [0.2, 0.25) is 10.0 Å². The summed E-state index contributed by atoms with van der Waals surface area (Å²) in [6.07, 6.45) is 2.83. The molecule has 2 aromatic carbocycles. The zero-order valence-corrected chi connectivity index (χ0v) is 16.1. The largest absolute Gasteiger partial charge is 0.457 e. The number of amides is 1. The third-order valence-corrected chi connectivity index (χ3v) is 4.46. The van der Waals surface area contributed by atoms with Crippen LogP contribution in [0.15, 0.2) is 59.0 Å². The first-order chi connectivity index (χ1) is 13.3. The fraction of sp³-hybridized carbons (Fsp3) is 0.0500. The van der Waals surface area contributed by atoms with E-state index in [4.69, 9.17) is 27.6 Å². The zero-order valence-electron chi connectivity index (χ0n) is 14.6. The predicted octanol–water partition coefficient (Wildman–Crippen LogP) is 6.12. The Morgan fingerprint density at radius 3 is 2.54 bits per heavy atom. The van der Waals surface area contributed by atoms with Crippen LogP contribution in [0.25, 0.3) is 17.4 Å². The van der Waals surface area contributed by atoms with E-state index >= 15 is 0 Å². The van der Waals surface area contributed by atoms with Gasteiger partial charge in [0.2, 0.25) is 5.91 Å². The van der Waals surface area contributed by atoms with Crippen LogP contribution in [0.1, 0.15) is 11.3 Å². The van der Waals surface area contributed by atoms with Crippen LogP contribution >= 0.6 is 23.2 Å². The summed E-state index contributed by atoms with van der Waals surface area (Å²) < 4.78 is 5.69. The van der Waals surface area contributed by atoms with Crippen molar-refractivity contribution in [2.45, 2.75) is 6.92 Å². The molecule has 0 saturated heterocycles. The average Bonchev–Trinajstić information content (AvgIpc) is 3.12.